The summed E-state index contributed by atoms with van der Waals surface area (Å²) in [5.74, 6) is -3.24. The predicted molar refractivity (Wildman–Crippen MR) is 209 cm³/mol. The molecule has 2 aliphatic carbocycles. The molecular formula is C40H59N7O7S. The highest BCUT2D eigenvalue weighted by molar-refractivity contribution is 7.89. The highest BCUT2D eigenvalue weighted by Crippen LogP contribution is 2.40. The Balaban J connectivity index is 1.42. The van der Waals surface area contributed by atoms with E-state index in [0.29, 0.717) is 36.7 Å². The number of ketones is 1. The molecule has 1 aromatic heterocycles. The molecule has 1 aliphatic heterocycles. The summed E-state index contributed by atoms with van der Waals surface area (Å²) in [7, 11) is -4.32. The molecule has 5 rings (SSSR count). The minimum atomic E-state index is -4.32. The van der Waals surface area contributed by atoms with Gasteiger partial charge in [-0.05, 0) is 66.4 Å². The second-order valence-electron chi connectivity index (χ2n) is 17.4. The topological polar surface area (TPSA) is 200 Å². The minimum absolute atomic E-state index is 0.00649. The number of Topliss-reactive ketones (excluding diaryl/α,β-unsaturated/α-hetero) is 1. The fourth-order valence-electron chi connectivity index (χ4n) is 8.15. The normalized spacial score (nSPS) is 21.8. The maximum absolute atomic E-state index is 14.8. The minimum Gasteiger partial charge on any atom is -0.346 e. The predicted octanol–water partition coefficient (Wildman–Crippen LogP) is 3.74. The van der Waals surface area contributed by atoms with Gasteiger partial charge >= 0.3 is 0 Å². The van der Waals surface area contributed by atoms with Crippen LogP contribution in [-0.2, 0) is 34.0 Å². The Morgan fingerprint density at radius 3 is 2.31 bits per heavy atom. The number of carbonyl (C=O) groups is 5. The van der Waals surface area contributed by atoms with Crippen molar-refractivity contribution in [1.29, 1.82) is 0 Å². The van der Waals surface area contributed by atoms with Crippen molar-refractivity contribution in [2.75, 3.05) is 13.1 Å². The average molecular weight is 782 g/mol. The summed E-state index contributed by atoms with van der Waals surface area (Å²) in [4.78, 5) is 78.2. The van der Waals surface area contributed by atoms with Crippen molar-refractivity contribution in [3.8, 4) is 0 Å². The van der Waals surface area contributed by atoms with Crippen molar-refractivity contribution >= 4 is 50.5 Å². The number of amides is 4. The van der Waals surface area contributed by atoms with Gasteiger partial charge in [-0.25, -0.2) is 13.4 Å². The first-order valence-electron chi connectivity index (χ1n) is 19.7. The van der Waals surface area contributed by atoms with Crippen LogP contribution in [0.3, 0.4) is 0 Å². The lowest BCUT2D eigenvalue weighted by molar-refractivity contribution is -0.146. The number of hydrogen-bond acceptors (Lipinski definition) is 8. The second kappa shape index (κ2) is 16.9. The van der Waals surface area contributed by atoms with Crippen molar-refractivity contribution in [3.05, 3.63) is 36.9 Å². The van der Waals surface area contributed by atoms with E-state index in [9.17, 15) is 32.4 Å². The van der Waals surface area contributed by atoms with Gasteiger partial charge in [0, 0.05) is 13.1 Å². The largest absolute Gasteiger partial charge is 0.346 e. The van der Waals surface area contributed by atoms with E-state index >= 15 is 0 Å². The summed E-state index contributed by atoms with van der Waals surface area (Å²) in [6.45, 7) is 15.2. The molecule has 0 bridgehead atoms. The lowest BCUT2D eigenvalue weighted by atomic mass is 9.70. The number of aromatic nitrogens is 2. The molecule has 3 aliphatic rings. The number of fused-ring (bicyclic) bond motifs is 1. The number of rotatable bonds is 16. The van der Waals surface area contributed by atoms with E-state index in [1.54, 1.807) is 24.3 Å². The number of benzene rings is 1. The summed E-state index contributed by atoms with van der Waals surface area (Å²) in [5, 5.41) is 8.00. The summed E-state index contributed by atoms with van der Waals surface area (Å²) < 4.78 is 30.5. The molecule has 1 aromatic carbocycles. The Morgan fingerprint density at radius 2 is 1.71 bits per heavy atom. The summed E-state index contributed by atoms with van der Waals surface area (Å²) in [5.41, 5.74) is -0.608. The molecule has 15 heteroatoms. The van der Waals surface area contributed by atoms with Gasteiger partial charge in [0.05, 0.1) is 17.1 Å². The smallest absolute Gasteiger partial charge is 0.289 e. The maximum atomic E-state index is 14.8. The van der Waals surface area contributed by atoms with Gasteiger partial charge in [-0.15, -0.1) is 6.58 Å². The highest BCUT2D eigenvalue weighted by atomic mass is 32.2. The average Bonchev–Trinajstić information content (AvgIpc) is 3.64. The van der Waals surface area contributed by atoms with Gasteiger partial charge in [0.15, 0.2) is 0 Å². The van der Waals surface area contributed by atoms with E-state index in [1.807, 2.05) is 41.5 Å². The lowest BCUT2D eigenvalue weighted by Crippen LogP contribution is -2.63. The molecule has 0 radical (unpaired) electrons. The third kappa shape index (κ3) is 9.83. The van der Waals surface area contributed by atoms with E-state index in [1.165, 1.54) is 11.0 Å². The zero-order valence-electron chi connectivity index (χ0n) is 33.1. The van der Waals surface area contributed by atoms with Crippen molar-refractivity contribution < 1.29 is 32.4 Å². The number of carbonyl (C=O) groups excluding carboxylic acids is 5. The van der Waals surface area contributed by atoms with Crippen molar-refractivity contribution in [2.24, 2.45) is 28.6 Å². The van der Waals surface area contributed by atoms with Crippen LogP contribution in [0.4, 0.5) is 0 Å². The van der Waals surface area contributed by atoms with Crippen LogP contribution in [-0.4, -0.2) is 90.0 Å². The monoisotopic (exact) mass is 781 g/mol. The molecule has 302 valence electrons. The van der Waals surface area contributed by atoms with E-state index in [0.717, 1.165) is 32.1 Å². The van der Waals surface area contributed by atoms with Crippen molar-refractivity contribution in [2.45, 2.75) is 129 Å². The molecule has 5 N–H and O–H groups in total. The Bertz CT molecular complexity index is 1840. The zero-order valence-corrected chi connectivity index (χ0v) is 33.9. The van der Waals surface area contributed by atoms with E-state index in [2.05, 4.69) is 37.2 Å². The van der Waals surface area contributed by atoms with Crippen molar-refractivity contribution in [1.82, 2.24) is 35.5 Å². The molecular weight excluding hydrogens is 723 g/mol. The van der Waals surface area contributed by atoms with Gasteiger partial charge in [0.2, 0.25) is 28.7 Å². The second-order valence-corrected chi connectivity index (χ2v) is 19.0. The first-order valence-corrected chi connectivity index (χ1v) is 21.2. The molecule has 3 fully saturated rings. The van der Waals surface area contributed by atoms with Crippen LogP contribution in [0.5, 0.6) is 0 Å². The molecule has 5 atom stereocenters. The summed E-state index contributed by atoms with van der Waals surface area (Å²) >= 11 is 0. The number of sulfonamides is 1. The SMILES string of the molecule is C=CCNC(=O)C(=O)C(CC1CC1)NC(=O)[C@@H]1[C@@H](C(C)C)CCN1C(=O)[C@@H](NC(=O)[C@@H](NS(=O)(=O)c1nc2ccccc2[nH]1)C1(C)CCCCC1)C(C)(C)C. The molecule has 1 saturated heterocycles. The van der Waals surface area contributed by atoms with E-state index in [4.69, 9.17) is 0 Å². The number of nitrogens with zero attached hydrogens (tertiary/aromatic N) is 2. The Hall–Kier alpha value is -4.11. The van der Waals surface area contributed by atoms with Crippen LogP contribution in [0.25, 0.3) is 11.0 Å². The molecule has 0 spiro atoms. The number of aromatic amines is 1. The highest BCUT2D eigenvalue weighted by Gasteiger charge is 2.50. The first-order chi connectivity index (χ1) is 25.9. The number of nitrogens with one attached hydrogen (secondary N) is 5. The Morgan fingerprint density at radius 1 is 1.04 bits per heavy atom. The van der Waals surface area contributed by atoms with Gasteiger partial charge in [-0.3, -0.25) is 24.0 Å². The van der Waals surface area contributed by atoms with Crippen LogP contribution < -0.4 is 20.7 Å². The summed E-state index contributed by atoms with van der Waals surface area (Å²) in [6.07, 6.45) is 7.89. The van der Waals surface area contributed by atoms with Gasteiger partial charge in [0.1, 0.15) is 18.1 Å². The number of imidazole rings is 1. The van der Waals surface area contributed by atoms with Gasteiger partial charge in [0.25, 0.3) is 15.9 Å². The standard InChI is InChI=1S/C40H59N7O7S/c1-8-21-41-35(50)31(48)29(23-25-16-17-25)42-34(49)30-26(24(2)3)18-22-47(30)37(52)33(39(4,5)6)45-36(51)32(40(7)19-12-9-13-20-40)46-55(53,54)38-43-27-14-10-11-15-28(27)44-38/h8,10-11,14-15,24-26,29-30,32-33,46H,1,9,12-13,16-23H2,2-7H3,(H,41,50)(H,42,49)(H,43,44)(H,45,51)/t26-,29?,30+,32-,33-/m1/s1. The molecule has 14 nitrogen and oxygen atoms in total. The number of hydrogen-bond donors (Lipinski definition) is 5. The van der Waals surface area contributed by atoms with Crippen LogP contribution >= 0.6 is 0 Å². The first kappa shape index (κ1) is 42.0. The number of likely N-dealkylation sites (tertiary alicyclic amines) is 1. The number of para-hydroxylation sites is 2. The zero-order chi connectivity index (χ0) is 40.3. The van der Waals surface area contributed by atoms with E-state index < -0.39 is 74.4 Å². The lowest BCUT2D eigenvalue weighted by Gasteiger charge is -2.42. The van der Waals surface area contributed by atoms with Crippen molar-refractivity contribution in [3.63, 3.8) is 0 Å². The van der Waals surface area contributed by atoms with Gasteiger partial charge < -0.3 is 25.8 Å². The molecule has 2 saturated carbocycles. The van der Waals surface area contributed by atoms with Crippen LogP contribution in [0.15, 0.2) is 42.1 Å². The molecule has 55 heavy (non-hydrogen) atoms. The van der Waals surface area contributed by atoms with Gasteiger partial charge in [-0.1, -0.05) is 91.9 Å². The number of H-pyrrole nitrogens is 1. The Labute approximate surface area is 324 Å². The summed E-state index contributed by atoms with van der Waals surface area (Å²) in [6, 6.07) is 2.55. The van der Waals surface area contributed by atoms with Crippen LogP contribution in [0, 0.1) is 28.6 Å². The van der Waals surface area contributed by atoms with Crippen LogP contribution in [0.2, 0.25) is 0 Å². The maximum Gasteiger partial charge on any atom is 0.289 e. The molecule has 4 amide bonds. The third-order valence-corrected chi connectivity index (χ3v) is 12.9. The Kier molecular flexibility index (Phi) is 13.0. The molecule has 1 unspecified atom stereocenters. The van der Waals surface area contributed by atoms with Crippen LogP contribution in [0.1, 0.15) is 99.3 Å². The quantitative estimate of drug-likeness (QED) is 0.125. The fourth-order valence-corrected chi connectivity index (χ4v) is 9.43. The molecule has 2 heterocycles. The molecule has 2 aromatic rings. The third-order valence-electron chi connectivity index (χ3n) is 11.6. The fraction of sp³-hybridized carbons (Fsp3) is 0.650. The van der Waals surface area contributed by atoms with E-state index in [-0.39, 0.29) is 36.0 Å². The van der Waals surface area contributed by atoms with Gasteiger partial charge in [-0.2, -0.15) is 4.72 Å².